The van der Waals surface area contributed by atoms with Crippen LogP contribution in [0.4, 0.5) is 0 Å². The smallest absolute Gasteiger partial charge is 0.244 e. The van der Waals surface area contributed by atoms with Crippen molar-refractivity contribution in [3.63, 3.8) is 0 Å². The summed E-state index contributed by atoms with van der Waals surface area (Å²) in [6.45, 7) is 3.87. The van der Waals surface area contributed by atoms with Crippen molar-refractivity contribution in [3.05, 3.63) is 25.3 Å². The van der Waals surface area contributed by atoms with E-state index in [2.05, 4.69) is 13.2 Å². The summed E-state index contributed by atoms with van der Waals surface area (Å²) in [5.41, 5.74) is 2.83. The monoisotopic (exact) mass is 401 g/mol. The number of ketones is 1. The maximum atomic E-state index is 10.9. The number of carbonyl (C=O) groups is 2. The fourth-order valence-corrected chi connectivity index (χ4v) is 0.909. The van der Waals surface area contributed by atoms with Gasteiger partial charge in [-0.25, -0.2) is 0 Å². The Labute approximate surface area is 159 Å². The largest absolute Gasteiger partial charge is 0.396 e. The summed E-state index contributed by atoms with van der Waals surface area (Å²) in [7, 11) is 0. The molecule has 0 spiro atoms. The first-order valence-electron chi connectivity index (χ1n) is 7.01. The zero-order valence-electron chi connectivity index (χ0n) is 14.0. The molecular formula is C16H32ClNO8. The topological polar surface area (TPSA) is 182 Å². The maximum Gasteiger partial charge on any atom is 0.244 e. The second kappa shape index (κ2) is 18.6. The van der Waals surface area contributed by atoms with Crippen LogP contribution in [0, 0.1) is 5.41 Å². The van der Waals surface area contributed by atoms with Crippen LogP contribution in [-0.4, -0.2) is 86.8 Å². The molecule has 0 heterocycles. The third kappa shape index (κ3) is 16.3. The third-order valence-electron chi connectivity index (χ3n) is 2.89. The molecule has 0 bridgehead atoms. The predicted octanol–water partition coefficient (Wildman–Crippen LogP) is -1.67. The highest BCUT2D eigenvalue weighted by molar-refractivity contribution is 6.66. The molecular weight excluding hydrogens is 370 g/mol. The van der Waals surface area contributed by atoms with Crippen LogP contribution in [0.2, 0.25) is 0 Å². The Morgan fingerprint density at radius 2 is 1.15 bits per heavy atom. The average Bonchev–Trinajstić information content (AvgIpc) is 2.66. The van der Waals surface area contributed by atoms with E-state index in [9.17, 15) is 9.59 Å². The van der Waals surface area contributed by atoms with E-state index >= 15 is 0 Å². The molecule has 0 unspecified atom stereocenters. The molecule has 10 heteroatoms. The standard InChI is InChI=1S/C8H14O4.C4H11NO3.C3H3ClO.CH4/c1-2-7(12)3-8(4-9,5-10)6-11;5-4(1-6,2-7)3-8;1-2-3(4)5;/h2,9-11H,1,3-6H2;6-8H,1-3,5H2;2H,1H2;1H4. The van der Waals surface area contributed by atoms with Gasteiger partial charge in [0.1, 0.15) is 0 Å². The molecule has 156 valence electrons. The molecule has 0 aliphatic heterocycles. The highest BCUT2D eigenvalue weighted by atomic mass is 35.5. The molecule has 0 aliphatic carbocycles. The van der Waals surface area contributed by atoms with Crippen LogP contribution in [0.1, 0.15) is 13.8 Å². The summed E-state index contributed by atoms with van der Waals surface area (Å²) in [4.78, 5) is 20.3. The zero-order chi connectivity index (χ0) is 20.5. The number of allylic oxidation sites excluding steroid dienone is 2. The lowest BCUT2D eigenvalue weighted by Crippen LogP contribution is -2.50. The van der Waals surface area contributed by atoms with E-state index in [4.69, 9.17) is 48.0 Å². The first-order chi connectivity index (χ1) is 11.6. The molecule has 0 amide bonds. The number of carbonyl (C=O) groups excluding carboxylic acids is 2. The Morgan fingerprint density at radius 3 is 1.27 bits per heavy atom. The van der Waals surface area contributed by atoms with Crippen molar-refractivity contribution in [3.8, 4) is 0 Å². The van der Waals surface area contributed by atoms with Crippen molar-refractivity contribution in [1.29, 1.82) is 0 Å². The van der Waals surface area contributed by atoms with Crippen molar-refractivity contribution < 1.29 is 40.2 Å². The number of hydrogen-bond acceptors (Lipinski definition) is 9. The summed E-state index contributed by atoms with van der Waals surface area (Å²) in [6.07, 6.45) is 2.07. The fraction of sp³-hybridized carbons (Fsp3) is 0.625. The van der Waals surface area contributed by atoms with Gasteiger partial charge in [-0.2, -0.15) is 0 Å². The van der Waals surface area contributed by atoms with Crippen molar-refractivity contribution in [2.75, 3.05) is 39.6 Å². The minimum absolute atomic E-state index is 0. The fourth-order valence-electron chi connectivity index (χ4n) is 0.909. The van der Waals surface area contributed by atoms with E-state index in [1.807, 2.05) is 0 Å². The molecule has 8 N–H and O–H groups in total. The average molecular weight is 402 g/mol. The van der Waals surface area contributed by atoms with Gasteiger partial charge in [0.2, 0.25) is 5.24 Å². The minimum Gasteiger partial charge on any atom is -0.396 e. The summed E-state index contributed by atoms with van der Waals surface area (Å²) in [5.74, 6) is -0.299. The van der Waals surface area contributed by atoms with Crippen LogP contribution in [0.3, 0.4) is 0 Å². The van der Waals surface area contributed by atoms with Gasteiger partial charge in [-0.1, -0.05) is 20.6 Å². The first-order valence-corrected chi connectivity index (χ1v) is 7.38. The molecule has 0 saturated heterocycles. The second-order valence-corrected chi connectivity index (χ2v) is 5.54. The lowest BCUT2D eigenvalue weighted by atomic mass is 9.85. The molecule has 0 aromatic rings. The van der Waals surface area contributed by atoms with Crippen LogP contribution in [0.15, 0.2) is 25.3 Å². The molecule has 0 aromatic heterocycles. The summed E-state index contributed by atoms with van der Waals surface area (Å²) < 4.78 is 0. The first kappa shape index (κ1) is 32.5. The quantitative estimate of drug-likeness (QED) is 0.166. The Balaban J connectivity index is -0.000000150. The van der Waals surface area contributed by atoms with Crippen molar-refractivity contribution in [1.82, 2.24) is 0 Å². The van der Waals surface area contributed by atoms with Gasteiger partial charge < -0.3 is 36.4 Å². The van der Waals surface area contributed by atoms with E-state index in [-0.39, 0.29) is 19.6 Å². The van der Waals surface area contributed by atoms with E-state index < -0.39 is 55.8 Å². The molecule has 0 atom stereocenters. The van der Waals surface area contributed by atoms with Crippen LogP contribution >= 0.6 is 11.6 Å². The molecule has 9 nitrogen and oxygen atoms in total. The van der Waals surface area contributed by atoms with Gasteiger partial charge in [0, 0.05) is 11.8 Å². The van der Waals surface area contributed by atoms with E-state index in [1.54, 1.807) is 0 Å². The molecule has 0 aromatic carbocycles. The Morgan fingerprint density at radius 1 is 0.846 bits per heavy atom. The van der Waals surface area contributed by atoms with E-state index in [1.165, 1.54) is 0 Å². The van der Waals surface area contributed by atoms with Crippen molar-refractivity contribution in [2.45, 2.75) is 19.4 Å². The number of rotatable bonds is 10. The normalized spacial score (nSPS) is 10.2. The molecule has 0 rings (SSSR count). The van der Waals surface area contributed by atoms with Crippen molar-refractivity contribution in [2.24, 2.45) is 11.1 Å². The number of aliphatic hydroxyl groups excluding tert-OH is 6. The molecule has 0 aliphatic rings. The van der Waals surface area contributed by atoms with Gasteiger partial charge >= 0.3 is 0 Å². The van der Waals surface area contributed by atoms with Crippen molar-refractivity contribution >= 4 is 22.6 Å². The lowest BCUT2D eigenvalue weighted by molar-refractivity contribution is -0.120. The van der Waals surface area contributed by atoms with E-state index in [0.717, 1.165) is 12.2 Å². The predicted molar refractivity (Wildman–Crippen MR) is 99.5 cm³/mol. The number of halogens is 1. The van der Waals surface area contributed by atoms with Gasteiger partial charge in [0.05, 0.1) is 45.2 Å². The Hall–Kier alpha value is -1.17. The van der Waals surface area contributed by atoms with Crippen LogP contribution in [0.25, 0.3) is 0 Å². The summed E-state index contributed by atoms with van der Waals surface area (Å²) in [6, 6.07) is 0. The molecule has 0 saturated carbocycles. The maximum absolute atomic E-state index is 10.9. The molecule has 0 fully saturated rings. The SMILES string of the molecule is C.C=CC(=O)CC(CO)(CO)CO.C=CC(=O)Cl.NC(CO)(CO)CO. The van der Waals surface area contributed by atoms with Crippen LogP contribution in [0.5, 0.6) is 0 Å². The zero-order valence-corrected chi connectivity index (χ0v) is 14.7. The van der Waals surface area contributed by atoms with Crippen LogP contribution in [-0.2, 0) is 9.59 Å². The third-order valence-corrected chi connectivity index (χ3v) is 3.04. The number of aliphatic hydroxyl groups is 6. The lowest BCUT2D eigenvalue weighted by Gasteiger charge is -2.25. The van der Waals surface area contributed by atoms with Gasteiger partial charge in [0.15, 0.2) is 5.78 Å². The summed E-state index contributed by atoms with van der Waals surface area (Å²) >= 11 is 4.71. The highest BCUT2D eigenvalue weighted by Gasteiger charge is 2.29. The van der Waals surface area contributed by atoms with Gasteiger partial charge in [-0.05, 0) is 23.8 Å². The highest BCUT2D eigenvalue weighted by Crippen LogP contribution is 2.20. The molecule has 26 heavy (non-hydrogen) atoms. The van der Waals surface area contributed by atoms with Gasteiger partial charge in [0.25, 0.3) is 0 Å². The van der Waals surface area contributed by atoms with Gasteiger partial charge in [-0.15, -0.1) is 0 Å². The minimum atomic E-state index is -1.21. The number of hydrogen-bond donors (Lipinski definition) is 7. The molecule has 0 radical (unpaired) electrons. The van der Waals surface area contributed by atoms with Crippen LogP contribution < -0.4 is 5.73 Å². The second-order valence-electron chi connectivity index (χ2n) is 5.17. The van der Waals surface area contributed by atoms with E-state index in [0.29, 0.717) is 0 Å². The number of nitrogens with two attached hydrogens (primary N) is 1. The summed E-state index contributed by atoms with van der Waals surface area (Å²) in [5, 5.41) is 51.0. The Bertz CT molecular complexity index is 379. The Kier molecular flexibility index (Phi) is 23.3. The van der Waals surface area contributed by atoms with Gasteiger partial charge in [-0.3, -0.25) is 9.59 Å².